The zero-order valence-electron chi connectivity index (χ0n) is 18.4. The summed E-state index contributed by atoms with van der Waals surface area (Å²) in [6.07, 6.45) is 19.7. The van der Waals surface area contributed by atoms with E-state index in [0.29, 0.717) is 0 Å². The Balaban J connectivity index is 0.000000251. The molecule has 0 unspecified atom stereocenters. The number of rotatable bonds is 7. The summed E-state index contributed by atoms with van der Waals surface area (Å²) in [5, 5.41) is 2.71. The standard InChI is InChI=1S/C15H18.C6H12.C6H14/c1-2-3-4-7-13-10-11-14-8-5-6-9-15(14)12-13;1-2-4-6-5-3-1;1-3-5-6-4-2/h5-6,8-12H,2-4,7H2,1H3;1-6H2;3-6H2,1-2H3. The molecule has 27 heavy (non-hydrogen) atoms. The molecule has 1 aliphatic rings. The molecule has 1 saturated carbocycles. The Hall–Kier alpha value is -1.30. The Morgan fingerprint density at radius 1 is 0.556 bits per heavy atom. The Kier molecular flexibility index (Phi) is 14.8. The zero-order valence-corrected chi connectivity index (χ0v) is 18.4. The lowest BCUT2D eigenvalue weighted by atomic mass is 10.0. The van der Waals surface area contributed by atoms with E-state index in [1.54, 1.807) is 0 Å². The fourth-order valence-electron chi connectivity index (χ4n) is 3.53. The van der Waals surface area contributed by atoms with Crippen molar-refractivity contribution in [3.63, 3.8) is 0 Å². The number of aryl methyl sites for hydroxylation is 1. The van der Waals surface area contributed by atoms with Gasteiger partial charge in [0.1, 0.15) is 0 Å². The van der Waals surface area contributed by atoms with E-state index >= 15 is 0 Å². The summed E-state index contributed by atoms with van der Waals surface area (Å²) in [4.78, 5) is 0. The highest BCUT2D eigenvalue weighted by atomic mass is 14.0. The summed E-state index contributed by atoms with van der Waals surface area (Å²) < 4.78 is 0. The largest absolute Gasteiger partial charge is 0.0654 e. The van der Waals surface area contributed by atoms with Crippen molar-refractivity contribution in [3.05, 3.63) is 48.0 Å². The quantitative estimate of drug-likeness (QED) is 0.427. The third kappa shape index (κ3) is 11.9. The predicted molar refractivity (Wildman–Crippen MR) is 125 cm³/mol. The van der Waals surface area contributed by atoms with Crippen molar-refractivity contribution in [1.82, 2.24) is 0 Å². The SMILES string of the molecule is C1CCCCC1.CCCCCC.CCCCCc1ccc2ccccc2c1. The lowest BCUT2D eigenvalue weighted by Crippen LogP contribution is -1.85. The second kappa shape index (κ2) is 16.8. The molecular formula is C27H44. The molecule has 2 aromatic carbocycles. The van der Waals surface area contributed by atoms with Crippen molar-refractivity contribution in [2.24, 2.45) is 0 Å². The van der Waals surface area contributed by atoms with Gasteiger partial charge in [0.05, 0.1) is 0 Å². The molecule has 0 N–H and O–H groups in total. The number of hydrogen-bond donors (Lipinski definition) is 0. The lowest BCUT2D eigenvalue weighted by Gasteiger charge is -2.05. The molecule has 0 bridgehead atoms. The van der Waals surface area contributed by atoms with Gasteiger partial charge in [-0.05, 0) is 29.2 Å². The molecule has 0 atom stereocenters. The maximum Gasteiger partial charge on any atom is -0.0181 e. The van der Waals surface area contributed by atoms with Crippen LogP contribution in [0.3, 0.4) is 0 Å². The monoisotopic (exact) mass is 368 g/mol. The molecule has 1 aliphatic carbocycles. The van der Waals surface area contributed by atoms with Crippen LogP contribution in [-0.2, 0) is 6.42 Å². The molecule has 2 aromatic rings. The Morgan fingerprint density at radius 2 is 1.04 bits per heavy atom. The van der Waals surface area contributed by atoms with Gasteiger partial charge >= 0.3 is 0 Å². The second-order valence-electron chi connectivity index (χ2n) is 7.97. The highest BCUT2D eigenvalue weighted by Gasteiger charge is 1.96. The van der Waals surface area contributed by atoms with E-state index in [0.717, 1.165) is 0 Å². The third-order valence-electron chi connectivity index (χ3n) is 5.34. The normalized spacial score (nSPS) is 13.3. The molecule has 0 radical (unpaired) electrons. The van der Waals surface area contributed by atoms with Crippen molar-refractivity contribution in [3.8, 4) is 0 Å². The maximum absolute atomic E-state index is 2.32. The fourth-order valence-corrected chi connectivity index (χ4v) is 3.53. The van der Waals surface area contributed by atoms with E-state index in [9.17, 15) is 0 Å². The van der Waals surface area contributed by atoms with Gasteiger partial charge in [-0.2, -0.15) is 0 Å². The summed E-state index contributed by atoms with van der Waals surface area (Å²) in [6, 6.07) is 15.4. The summed E-state index contributed by atoms with van der Waals surface area (Å²) in [5.41, 5.74) is 1.47. The average Bonchev–Trinajstić information content (AvgIpc) is 2.74. The minimum absolute atomic E-state index is 1.22. The Bertz CT molecular complexity index is 550. The predicted octanol–water partition coefficient (Wildman–Crippen LogP) is 9.50. The van der Waals surface area contributed by atoms with Crippen molar-refractivity contribution in [2.75, 3.05) is 0 Å². The van der Waals surface area contributed by atoms with E-state index in [1.165, 1.54) is 106 Å². The van der Waals surface area contributed by atoms with Crippen molar-refractivity contribution in [1.29, 1.82) is 0 Å². The molecule has 0 nitrogen and oxygen atoms in total. The van der Waals surface area contributed by atoms with Gasteiger partial charge in [-0.1, -0.05) is 140 Å². The first-order chi connectivity index (χ1) is 13.3. The number of hydrogen-bond acceptors (Lipinski definition) is 0. The number of fused-ring (bicyclic) bond motifs is 1. The summed E-state index contributed by atoms with van der Waals surface area (Å²) in [6.45, 7) is 6.71. The zero-order chi connectivity index (χ0) is 19.6. The van der Waals surface area contributed by atoms with Crippen LogP contribution in [0.2, 0.25) is 0 Å². The topological polar surface area (TPSA) is 0 Å². The fraction of sp³-hybridized carbons (Fsp3) is 0.630. The van der Waals surface area contributed by atoms with Gasteiger partial charge in [-0.25, -0.2) is 0 Å². The van der Waals surface area contributed by atoms with Gasteiger partial charge in [-0.15, -0.1) is 0 Å². The van der Waals surface area contributed by atoms with Crippen LogP contribution in [0.15, 0.2) is 42.5 Å². The van der Waals surface area contributed by atoms with E-state index in [4.69, 9.17) is 0 Å². The molecule has 0 aliphatic heterocycles. The smallest absolute Gasteiger partial charge is 0.0181 e. The van der Waals surface area contributed by atoms with E-state index < -0.39 is 0 Å². The Labute approximate surface area is 169 Å². The molecule has 0 amide bonds. The molecule has 0 heteroatoms. The summed E-state index contributed by atoms with van der Waals surface area (Å²) in [7, 11) is 0. The van der Waals surface area contributed by atoms with Gasteiger partial charge in [0.25, 0.3) is 0 Å². The maximum atomic E-state index is 2.32. The first-order valence-electron chi connectivity index (χ1n) is 11.8. The molecule has 0 heterocycles. The van der Waals surface area contributed by atoms with Crippen molar-refractivity contribution in [2.45, 2.75) is 111 Å². The second-order valence-corrected chi connectivity index (χ2v) is 7.97. The van der Waals surface area contributed by atoms with Crippen LogP contribution < -0.4 is 0 Å². The first kappa shape index (κ1) is 23.7. The minimum Gasteiger partial charge on any atom is -0.0654 e. The van der Waals surface area contributed by atoms with Gasteiger partial charge in [0.2, 0.25) is 0 Å². The van der Waals surface area contributed by atoms with Crippen LogP contribution in [0.4, 0.5) is 0 Å². The summed E-state index contributed by atoms with van der Waals surface area (Å²) >= 11 is 0. The van der Waals surface area contributed by atoms with E-state index in [1.807, 2.05) is 0 Å². The van der Waals surface area contributed by atoms with Gasteiger partial charge in [0, 0.05) is 0 Å². The number of unbranched alkanes of at least 4 members (excludes halogenated alkanes) is 5. The van der Waals surface area contributed by atoms with Crippen molar-refractivity contribution >= 4 is 10.8 Å². The molecule has 3 rings (SSSR count). The van der Waals surface area contributed by atoms with Crippen LogP contribution in [0.1, 0.15) is 110 Å². The Morgan fingerprint density at radius 3 is 1.56 bits per heavy atom. The van der Waals surface area contributed by atoms with Gasteiger partial charge in [-0.3, -0.25) is 0 Å². The average molecular weight is 369 g/mol. The van der Waals surface area contributed by atoms with Crippen LogP contribution in [0.25, 0.3) is 10.8 Å². The van der Waals surface area contributed by atoms with Crippen molar-refractivity contribution < 1.29 is 0 Å². The highest BCUT2D eigenvalue weighted by molar-refractivity contribution is 5.82. The van der Waals surface area contributed by atoms with Crippen LogP contribution in [-0.4, -0.2) is 0 Å². The van der Waals surface area contributed by atoms with Gasteiger partial charge in [0.15, 0.2) is 0 Å². The molecule has 0 aromatic heterocycles. The molecule has 0 saturated heterocycles. The first-order valence-corrected chi connectivity index (χ1v) is 11.8. The highest BCUT2D eigenvalue weighted by Crippen LogP contribution is 2.17. The van der Waals surface area contributed by atoms with Crippen LogP contribution in [0, 0.1) is 0 Å². The molecule has 152 valence electrons. The molecule has 1 fully saturated rings. The molecule has 0 spiro atoms. The van der Waals surface area contributed by atoms with Crippen LogP contribution >= 0.6 is 0 Å². The summed E-state index contributed by atoms with van der Waals surface area (Å²) in [5.74, 6) is 0. The van der Waals surface area contributed by atoms with E-state index in [2.05, 4.69) is 63.2 Å². The lowest BCUT2D eigenvalue weighted by molar-refractivity contribution is 0.504. The number of benzene rings is 2. The van der Waals surface area contributed by atoms with Crippen LogP contribution in [0.5, 0.6) is 0 Å². The minimum atomic E-state index is 1.22. The van der Waals surface area contributed by atoms with Gasteiger partial charge < -0.3 is 0 Å². The third-order valence-corrected chi connectivity index (χ3v) is 5.34. The van der Waals surface area contributed by atoms with E-state index in [-0.39, 0.29) is 0 Å². The molecular weight excluding hydrogens is 324 g/mol.